The fraction of sp³-hybridized carbons (Fsp3) is 0.400. The van der Waals surface area contributed by atoms with Crippen molar-refractivity contribution in [2.24, 2.45) is 0 Å². The second-order valence-corrected chi connectivity index (χ2v) is 3.95. The Balaban J connectivity index is 2.44. The molecule has 0 spiro atoms. The van der Waals surface area contributed by atoms with Crippen LogP contribution >= 0.6 is 22.6 Å². The van der Waals surface area contributed by atoms with Crippen LogP contribution in [0.3, 0.4) is 0 Å². The van der Waals surface area contributed by atoms with Gasteiger partial charge in [-0.2, -0.15) is 0 Å². The first kappa shape index (κ1) is 13.2. The maximum atomic E-state index is 10.7. The van der Waals surface area contributed by atoms with Gasteiger partial charge >= 0.3 is 5.69 Å². The van der Waals surface area contributed by atoms with Gasteiger partial charge < -0.3 is 9.47 Å². The average molecular weight is 337 g/mol. The standard InChI is InChI=1S/C10H12INO4/c11-5-6-15-7-8-16-10-4-2-1-3-9(10)12(13)14/h1-4H,5-8H2. The van der Waals surface area contributed by atoms with Crippen molar-refractivity contribution in [2.45, 2.75) is 0 Å². The second-order valence-electron chi connectivity index (χ2n) is 2.87. The Bertz CT molecular complexity index is 345. The quantitative estimate of drug-likeness (QED) is 0.252. The van der Waals surface area contributed by atoms with Gasteiger partial charge in [0.2, 0.25) is 0 Å². The molecule has 0 radical (unpaired) electrons. The number of nitro benzene ring substituents is 1. The zero-order valence-electron chi connectivity index (χ0n) is 8.60. The highest BCUT2D eigenvalue weighted by Crippen LogP contribution is 2.25. The normalized spacial score (nSPS) is 10.1. The Kier molecular flexibility index (Phi) is 6.09. The number of para-hydroxylation sites is 2. The first-order valence-electron chi connectivity index (χ1n) is 4.75. The van der Waals surface area contributed by atoms with Gasteiger partial charge in [0, 0.05) is 10.5 Å². The van der Waals surface area contributed by atoms with E-state index in [-0.39, 0.29) is 11.4 Å². The molecule has 0 atom stereocenters. The van der Waals surface area contributed by atoms with Crippen LogP contribution in [0, 0.1) is 10.1 Å². The number of nitro groups is 1. The van der Waals surface area contributed by atoms with Gasteiger partial charge in [0.25, 0.3) is 0 Å². The fourth-order valence-corrected chi connectivity index (χ4v) is 1.41. The predicted molar refractivity (Wildman–Crippen MR) is 68.3 cm³/mol. The van der Waals surface area contributed by atoms with Crippen molar-refractivity contribution < 1.29 is 14.4 Å². The summed E-state index contributed by atoms with van der Waals surface area (Å²) in [5.74, 6) is 0.283. The van der Waals surface area contributed by atoms with E-state index in [9.17, 15) is 10.1 Å². The van der Waals surface area contributed by atoms with E-state index >= 15 is 0 Å². The second kappa shape index (κ2) is 7.39. The summed E-state index contributed by atoms with van der Waals surface area (Å²) in [4.78, 5) is 10.2. The smallest absolute Gasteiger partial charge is 0.310 e. The molecule has 1 aromatic carbocycles. The van der Waals surface area contributed by atoms with Crippen molar-refractivity contribution in [1.82, 2.24) is 0 Å². The van der Waals surface area contributed by atoms with E-state index in [1.54, 1.807) is 18.2 Å². The number of halogens is 1. The number of ether oxygens (including phenoxy) is 2. The van der Waals surface area contributed by atoms with Crippen molar-refractivity contribution in [2.75, 3.05) is 24.2 Å². The van der Waals surface area contributed by atoms with Crippen molar-refractivity contribution in [3.63, 3.8) is 0 Å². The van der Waals surface area contributed by atoms with Gasteiger partial charge in [-0.1, -0.05) is 34.7 Å². The molecule has 0 N–H and O–H groups in total. The zero-order valence-corrected chi connectivity index (χ0v) is 10.8. The molecule has 0 bridgehead atoms. The highest BCUT2D eigenvalue weighted by atomic mass is 127. The molecular weight excluding hydrogens is 325 g/mol. The highest BCUT2D eigenvalue weighted by molar-refractivity contribution is 14.1. The van der Waals surface area contributed by atoms with E-state index in [1.807, 2.05) is 0 Å². The molecule has 0 aliphatic heterocycles. The first-order chi connectivity index (χ1) is 7.75. The molecule has 0 aromatic heterocycles. The third-order valence-electron chi connectivity index (χ3n) is 1.77. The van der Waals surface area contributed by atoms with E-state index < -0.39 is 4.92 Å². The van der Waals surface area contributed by atoms with Gasteiger partial charge in [0.1, 0.15) is 6.61 Å². The zero-order chi connectivity index (χ0) is 11.8. The van der Waals surface area contributed by atoms with Crippen LogP contribution in [0.4, 0.5) is 5.69 Å². The third kappa shape index (κ3) is 4.31. The summed E-state index contributed by atoms with van der Waals surface area (Å²) in [5, 5.41) is 10.7. The van der Waals surface area contributed by atoms with Crippen LogP contribution < -0.4 is 4.74 Å². The van der Waals surface area contributed by atoms with Gasteiger partial charge in [-0.25, -0.2) is 0 Å². The molecule has 0 amide bonds. The van der Waals surface area contributed by atoms with Gasteiger partial charge in [-0.3, -0.25) is 10.1 Å². The Morgan fingerprint density at radius 1 is 1.25 bits per heavy atom. The van der Waals surface area contributed by atoms with Gasteiger partial charge in [-0.15, -0.1) is 0 Å². The van der Waals surface area contributed by atoms with Crippen LogP contribution in [0.2, 0.25) is 0 Å². The van der Waals surface area contributed by atoms with Crippen LogP contribution in [-0.4, -0.2) is 29.2 Å². The molecule has 5 nitrogen and oxygen atoms in total. The number of rotatable bonds is 7. The van der Waals surface area contributed by atoms with Gasteiger partial charge in [0.15, 0.2) is 5.75 Å². The maximum absolute atomic E-state index is 10.7. The lowest BCUT2D eigenvalue weighted by molar-refractivity contribution is -0.385. The Labute approximate surface area is 107 Å². The van der Waals surface area contributed by atoms with E-state index in [1.165, 1.54) is 6.07 Å². The molecule has 1 aromatic rings. The third-order valence-corrected chi connectivity index (χ3v) is 2.21. The lowest BCUT2D eigenvalue weighted by Crippen LogP contribution is -2.08. The monoisotopic (exact) mass is 337 g/mol. The van der Waals surface area contributed by atoms with Crippen LogP contribution in [0.15, 0.2) is 24.3 Å². The van der Waals surface area contributed by atoms with E-state index in [0.717, 1.165) is 4.43 Å². The summed E-state index contributed by atoms with van der Waals surface area (Å²) < 4.78 is 11.4. The van der Waals surface area contributed by atoms with Crippen molar-refractivity contribution in [1.29, 1.82) is 0 Å². The topological polar surface area (TPSA) is 61.6 Å². The number of benzene rings is 1. The van der Waals surface area contributed by atoms with Crippen molar-refractivity contribution in [3.05, 3.63) is 34.4 Å². The van der Waals surface area contributed by atoms with Crippen LogP contribution in [0.5, 0.6) is 5.75 Å². The number of hydrogen-bond acceptors (Lipinski definition) is 4. The summed E-state index contributed by atoms with van der Waals surface area (Å²) in [6, 6.07) is 6.31. The van der Waals surface area contributed by atoms with E-state index in [4.69, 9.17) is 9.47 Å². The number of nitrogens with zero attached hydrogens (tertiary/aromatic N) is 1. The van der Waals surface area contributed by atoms with Gasteiger partial charge in [-0.05, 0) is 6.07 Å². The molecule has 0 fully saturated rings. The molecule has 0 heterocycles. The Morgan fingerprint density at radius 3 is 2.69 bits per heavy atom. The summed E-state index contributed by atoms with van der Waals surface area (Å²) in [5.41, 5.74) is -0.0172. The van der Waals surface area contributed by atoms with E-state index in [2.05, 4.69) is 22.6 Å². The van der Waals surface area contributed by atoms with Crippen molar-refractivity contribution >= 4 is 28.3 Å². The maximum Gasteiger partial charge on any atom is 0.310 e. The molecule has 88 valence electrons. The van der Waals surface area contributed by atoms with Crippen LogP contribution in [0.1, 0.15) is 0 Å². The molecule has 0 saturated carbocycles. The lowest BCUT2D eigenvalue weighted by atomic mass is 10.3. The highest BCUT2D eigenvalue weighted by Gasteiger charge is 2.12. The molecule has 0 saturated heterocycles. The molecular formula is C10H12INO4. The minimum absolute atomic E-state index is 0.0172. The lowest BCUT2D eigenvalue weighted by Gasteiger charge is -2.06. The number of alkyl halides is 1. The molecule has 0 aliphatic rings. The first-order valence-corrected chi connectivity index (χ1v) is 6.28. The summed E-state index contributed by atoms with van der Waals surface area (Å²) in [6.45, 7) is 1.43. The minimum Gasteiger partial charge on any atom is -0.484 e. The minimum atomic E-state index is -0.457. The molecule has 0 unspecified atom stereocenters. The van der Waals surface area contributed by atoms with Crippen LogP contribution in [0.25, 0.3) is 0 Å². The average Bonchev–Trinajstić information content (AvgIpc) is 2.29. The summed E-state index contributed by atoms with van der Waals surface area (Å²) in [7, 11) is 0. The Hall–Kier alpha value is -0.890. The van der Waals surface area contributed by atoms with Crippen molar-refractivity contribution in [3.8, 4) is 5.75 Å². The molecule has 6 heteroatoms. The molecule has 0 aliphatic carbocycles. The molecule has 16 heavy (non-hydrogen) atoms. The predicted octanol–water partition coefficient (Wildman–Crippen LogP) is 2.43. The van der Waals surface area contributed by atoms with E-state index in [0.29, 0.717) is 19.8 Å². The Morgan fingerprint density at radius 2 is 2.00 bits per heavy atom. The molecule has 1 rings (SSSR count). The SMILES string of the molecule is O=[N+]([O-])c1ccccc1OCCOCCI. The van der Waals surface area contributed by atoms with Crippen LogP contribution in [-0.2, 0) is 4.74 Å². The number of hydrogen-bond donors (Lipinski definition) is 0. The van der Waals surface area contributed by atoms with Gasteiger partial charge in [0.05, 0.1) is 18.1 Å². The largest absolute Gasteiger partial charge is 0.484 e. The summed E-state index contributed by atoms with van der Waals surface area (Å²) in [6.07, 6.45) is 0. The fourth-order valence-electron chi connectivity index (χ4n) is 1.10. The summed E-state index contributed by atoms with van der Waals surface area (Å²) >= 11 is 2.21.